The highest BCUT2D eigenvalue weighted by Gasteiger charge is 2.17. The van der Waals surface area contributed by atoms with Gasteiger partial charge < -0.3 is 20.1 Å². The number of aromatic nitrogens is 2. The molecule has 102 valence electrons. The fourth-order valence-electron chi connectivity index (χ4n) is 2.09. The lowest BCUT2D eigenvalue weighted by atomic mass is 10.2. The summed E-state index contributed by atoms with van der Waals surface area (Å²) in [5.41, 5.74) is 0. The molecule has 1 aliphatic heterocycles. The molecular weight excluding hydrogens is 232 g/mol. The maximum absolute atomic E-state index is 9.83. The first-order chi connectivity index (χ1) is 8.74. The third-order valence-corrected chi connectivity index (χ3v) is 3.05. The van der Waals surface area contributed by atoms with Crippen molar-refractivity contribution in [1.82, 2.24) is 20.0 Å². The Labute approximate surface area is 108 Å². The first kappa shape index (κ1) is 13.5. The average molecular weight is 254 g/mol. The molecule has 0 aliphatic carbocycles. The molecule has 1 saturated heterocycles. The van der Waals surface area contributed by atoms with E-state index in [0.29, 0.717) is 13.1 Å². The van der Waals surface area contributed by atoms with Crippen LogP contribution in [0.1, 0.15) is 0 Å². The monoisotopic (exact) mass is 254 g/mol. The van der Waals surface area contributed by atoms with Crippen molar-refractivity contribution in [2.75, 3.05) is 39.8 Å². The van der Waals surface area contributed by atoms with E-state index in [1.165, 1.54) is 0 Å². The van der Waals surface area contributed by atoms with Crippen molar-refractivity contribution in [1.29, 1.82) is 0 Å². The molecule has 2 rings (SSSR count). The van der Waals surface area contributed by atoms with Gasteiger partial charge in [0.1, 0.15) is 0 Å². The van der Waals surface area contributed by atoms with Crippen molar-refractivity contribution in [3.63, 3.8) is 0 Å². The van der Waals surface area contributed by atoms with Crippen molar-refractivity contribution >= 4 is 0 Å². The lowest BCUT2D eigenvalue weighted by molar-refractivity contribution is -0.0192. The number of likely N-dealkylation sites (N-methyl/N-ethyl adjacent to an activating group) is 1. The molecule has 2 atom stereocenters. The molecule has 2 N–H and O–H groups in total. The Morgan fingerprint density at radius 1 is 1.61 bits per heavy atom. The lowest BCUT2D eigenvalue weighted by Crippen LogP contribution is -2.46. The van der Waals surface area contributed by atoms with Crippen molar-refractivity contribution in [3.8, 4) is 0 Å². The van der Waals surface area contributed by atoms with Gasteiger partial charge in [0.05, 0.1) is 25.4 Å². The van der Waals surface area contributed by atoms with E-state index in [1.807, 2.05) is 12.3 Å². The van der Waals surface area contributed by atoms with Crippen molar-refractivity contribution in [2.45, 2.75) is 18.8 Å². The molecule has 0 aromatic carbocycles. The summed E-state index contributed by atoms with van der Waals surface area (Å²) in [6.07, 6.45) is 3.36. The summed E-state index contributed by atoms with van der Waals surface area (Å²) in [5, 5.41) is 17.1. The number of ether oxygens (including phenoxy) is 1. The fraction of sp³-hybridized carbons (Fsp3) is 0.750. The zero-order chi connectivity index (χ0) is 12.8. The van der Waals surface area contributed by atoms with Gasteiger partial charge in [-0.25, -0.2) is 0 Å². The number of morpholine rings is 1. The number of nitrogens with zero attached hydrogens (tertiary/aromatic N) is 3. The minimum absolute atomic E-state index is 0.223. The minimum atomic E-state index is -0.425. The summed E-state index contributed by atoms with van der Waals surface area (Å²) in [5.74, 6) is 0. The summed E-state index contributed by atoms with van der Waals surface area (Å²) < 4.78 is 7.37. The second kappa shape index (κ2) is 6.84. The molecule has 6 heteroatoms. The van der Waals surface area contributed by atoms with Gasteiger partial charge in [-0.3, -0.25) is 4.68 Å². The summed E-state index contributed by atoms with van der Waals surface area (Å²) >= 11 is 0. The number of aliphatic hydroxyl groups is 1. The number of rotatable bonds is 6. The SMILES string of the molecule is CN1CCO[C@@H](CNC[C@@H](O)Cn2cccn2)C1. The van der Waals surface area contributed by atoms with Gasteiger partial charge in [0.2, 0.25) is 0 Å². The molecule has 6 nitrogen and oxygen atoms in total. The molecule has 1 aliphatic rings. The molecule has 0 spiro atoms. The predicted octanol–water partition coefficient (Wildman–Crippen LogP) is -0.836. The van der Waals surface area contributed by atoms with Gasteiger partial charge in [-0.05, 0) is 13.1 Å². The first-order valence-electron chi connectivity index (χ1n) is 6.40. The van der Waals surface area contributed by atoms with Gasteiger partial charge in [-0.1, -0.05) is 0 Å². The summed E-state index contributed by atoms with van der Waals surface area (Å²) in [6, 6.07) is 1.85. The number of hydrogen-bond donors (Lipinski definition) is 2. The largest absolute Gasteiger partial charge is 0.390 e. The number of aliphatic hydroxyl groups excluding tert-OH is 1. The van der Waals surface area contributed by atoms with Crippen LogP contribution in [0.2, 0.25) is 0 Å². The second-order valence-corrected chi connectivity index (χ2v) is 4.80. The van der Waals surface area contributed by atoms with Crippen LogP contribution in [-0.4, -0.2) is 71.8 Å². The topological polar surface area (TPSA) is 62.6 Å². The van der Waals surface area contributed by atoms with E-state index in [2.05, 4.69) is 22.4 Å². The van der Waals surface area contributed by atoms with E-state index >= 15 is 0 Å². The van der Waals surface area contributed by atoms with Gasteiger partial charge >= 0.3 is 0 Å². The highest BCUT2D eigenvalue weighted by atomic mass is 16.5. The molecular formula is C12H22N4O2. The zero-order valence-electron chi connectivity index (χ0n) is 10.8. The Bertz CT molecular complexity index is 331. The smallest absolute Gasteiger partial charge is 0.0860 e. The lowest BCUT2D eigenvalue weighted by Gasteiger charge is -2.30. The highest BCUT2D eigenvalue weighted by Crippen LogP contribution is 2.01. The number of nitrogens with one attached hydrogen (secondary N) is 1. The maximum Gasteiger partial charge on any atom is 0.0860 e. The van der Waals surface area contributed by atoms with Crippen molar-refractivity contribution in [2.24, 2.45) is 0 Å². The van der Waals surface area contributed by atoms with E-state index in [9.17, 15) is 5.11 Å². The summed E-state index contributed by atoms with van der Waals surface area (Å²) in [7, 11) is 2.10. The minimum Gasteiger partial charge on any atom is -0.390 e. The predicted molar refractivity (Wildman–Crippen MR) is 68.3 cm³/mol. The van der Waals surface area contributed by atoms with Crippen LogP contribution >= 0.6 is 0 Å². The fourth-order valence-corrected chi connectivity index (χ4v) is 2.09. The number of hydrogen-bond acceptors (Lipinski definition) is 5. The van der Waals surface area contributed by atoms with Crippen molar-refractivity contribution < 1.29 is 9.84 Å². The second-order valence-electron chi connectivity index (χ2n) is 4.80. The van der Waals surface area contributed by atoms with E-state index in [4.69, 9.17) is 4.74 Å². The zero-order valence-corrected chi connectivity index (χ0v) is 10.8. The van der Waals surface area contributed by atoms with E-state index in [1.54, 1.807) is 10.9 Å². The van der Waals surface area contributed by atoms with Crippen LogP contribution < -0.4 is 5.32 Å². The van der Waals surface area contributed by atoms with Gasteiger partial charge in [-0.15, -0.1) is 0 Å². The Morgan fingerprint density at radius 2 is 2.50 bits per heavy atom. The molecule has 18 heavy (non-hydrogen) atoms. The molecule has 0 radical (unpaired) electrons. The van der Waals surface area contributed by atoms with Crippen LogP contribution in [-0.2, 0) is 11.3 Å². The quantitative estimate of drug-likeness (QED) is 0.693. The Morgan fingerprint density at radius 3 is 3.22 bits per heavy atom. The molecule has 1 aromatic rings. The molecule has 0 saturated carbocycles. The molecule has 0 unspecified atom stereocenters. The van der Waals surface area contributed by atoms with Crippen molar-refractivity contribution in [3.05, 3.63) is 18.5 Å². The van der Waals surface area contributed by atoms with E-state index in [0.717, 1.165) is 26.2 Å². The maximum atomic E-state index is 9.83. The molecule has 1 fully saturated rings. The van der Waals surface area contributed by atoms with Crippen LogP contribution in [0.5, 0.6) is 0 Å². The molecule has 0 bridgehead atoms. The van der Waals surface area contributed by atoms with E-state index in [-0.39, 0.29) is 6.10 Å². The normalized spacial score (nSPS) is 23.1. The van der Waals surface area contributed by atoms with Crippen LogP contribution in [0.3, 0.4) is 0 Å². The molecule has 1 aromatic heterocycles. The van der Waals surface area contributed by atoms with Gasteiger partial charge in [0.25, 0.3) is 0 Å². The Kier molecular flexibility index (Phi) is 5.12. The molecule has 2 heterocycles. The van der Waals surface area contributed by atoms with Gasteiger partial charge in [0.15, 0.2) is 0 Å². The van der Waals surface area contributed by atoms with Crippen LogP contribution in [0.25, 0.3) is 0 Å². The highest BCUT2D eigenvalue weighted by molar-refractivity contribution is 4.79. The average Bonchev–Trinajstić information content (AvgIpc) is 2.82. The first-order valence-corrected chi connectivity index (χ1v) is 6.40. The molecule has 0 amide bonds. The van der Waals surface area contributed by atoms with Crippen LogP contribution in [0.15, 0.2) is 18.5 Å². The third-order valence-electron chi connectivity index (χ3n) is 3.05. The standard InChI is InChI=1S/C12H22N4O2/c1-15-5-6-18-12(10-15)8-13-7-11(17)9-16-4-2-3-14-16/h2-4,11-13,17H,5-10H2,1H3/t11-,12+/m1/s1. The third kappa shape index (κ3) is 4.38. The van der Waals surface area contributed by atoms with Gasteiger partial charge in [-0.2, -0.15) is 5.10 Å². The summed E-state index contributed by atoms with van der Waals surface area (Å²) in [4.78, 5) is 2.26. The summed E-state index contributed by atoms with van der Waals surface area (Å²) in [6.45, 7) is 4.59. The van der Waals surface area contributed by atoms with Crippen LogP contribution in [0, 0.1) is 0 Å². The Hall–Kier alpha value is -0.950. The Balaban J connectivity index is 1.59. The van der Waals surface area contributed by atoms with E-state index < -0.39 is 6.10 Å². The van der Waals surface area contributed by atoms with Gasteiger partial charge in [0, 0.05) is 38.6 Å². The van der Waals surface area contributed by atoms with Crippen LogP contribution in [0.4, 0.5) is 0 Å².